The molecular weight excluding hydrogens is 539 g/mol. The Kier molecular flexibility index (Phi) is 6.93. The van der Waals surface area contributed by atoms with Crippen molar-refractivity contribution in [1.82, 2.24) is 9.88 Å². The molecule has 1 atom stereocenters. The van der Waals surface area contributed by atoms with Gasteiger partial charge in [0.15, 0.2) is 0 Å². The van der Waals surface area contributed by atoms with Gasteiger partial charge in [-0.2, -0.15) is 0 Å². The van der Waals surface area contributed by atoms with E-state index in [9.17, 15) is 23.9 Å². The number of aromatic nitrogens is 1. The van der Waals surface area contributed by atoms with E-state index in [4.69, 9.17) is 0 Å². The van der Waals surface area contributed by atoms with E-state index in [-0.39, 0.29) is 17.5 Å². The second kappa shape index (κ2) is 10.3. The number of carboxylic acids is 1. The normalized spacial score (nSPS) is 15.3. The average molecular weight is 563 g/mol. The van der Waals surface area contributed by atoms with Gasteiger partial charge < -0.3 is 15.0 Å². The van der Waals surface area contributed by atoms with Crippen molar-refractivity contribution in [3.8, 4) is 11.1 Å². The summed E-state index contributed by atoms with van der Waals surface area (Å²) in [5.74, 6) is -1.91. The molecule has 1 amide bonds. The highest BCUT2D eigenvalue weighted by molar-refractivity contribution is 9.10. The summed E-state index contributed by atoms with van der Waals surface area (Å²) in [7, 11) is 0. The molecule has 0 spiro atoms. The van der Waals surface area contributed by atoms with Crippen LogP contribution < -0.4 is 5.43 Å². The highest BCUT2D eigenvalue weighted by atomic mass is 79.9. The van der Waals surface area contributed by atoms with Crippen LogP contribution >= 0.6 is 15.9 Å². The zero-order valence-corrected chi connectivity index (χ0v) is 21.4. The molecule has 6 nitrogen and oxygen atoms in total. The van der Waals surface area contributed by atoms with Crippen LogP contribution in [-0.4, -0.2) is 39.5 Å². The van der Waals surface area contributed by atoms with Gasteiger partial charge in [-0.1, -0.05) is 42.5 Å². The number of carbonyl (C=O) groups is 2. The second-order valence-corrected chi connectivity index (χ2v) is 9.98. The summed E-state index contributed by atoms with van der Waals surface area (Å²) in [6.45, 7) is 0.603. The van der Waals surface area contributed by atoms with E-state index in [1.807, 2.05) is 36.4 Å². The lowest BCUT2D eigenvalue weighted by Gasteiger charge is -2.25. The van der Waals surface area contributed by atoms with Crippen LogP contribution in [0.15, 0.2) is 76.1 Å². The molecule has 1 unspecified atom stereocenters. The lowest BCUT2D eigenvalue weighted by Crippen LogP contribution is -2.35. The summed E-state index contributed by atoms with van der Waals surface area (Å²) in [5.41, 5.74) is 2.08. The monoisotopic (exact) mass is 562 g/mol. The standard InChI is InChI=1S/C29H24BrFN2O4/c30-26-18(10-13-24-25(26)27(34)22(16-32-24)29(36)37)8-11-20-7-4-14-33(20)28(35)19-9-12-21(23(31)15-19)17-5-2-1-3-6-17/h1-3,5-6,9-10,12-13,15-16,20H,4,7-8,11,14H2,(H,32,34)(H,36,37). The van der Waals surface area contributed by atoms with Crippen molar-refractivity contribution in [2.24, 2.45) is 0 Å². The maximum atomic E-state index is 14.9. The van der Waals surface area contributed by atoms with Crippen LogP contribution in [0.4, 0.5) is 4.39 Å². The SMILES string of the molecule is O=C(O)c1c[nH]c2ccc(CCC3CCCN3C(=O)c3ccc(-c4ccccc4)c(F)c3)c(Br)c2c1=O. The summed E-state index contributed by atoms with van der Waals surface area (Å²) in [4.78, 5) is 42.1. The number of halogens is 2. The Bertz CT molecular complexity index is 1570. The van der Waals surface area contributed by atoms with Gasteiger partial charge in [0, 0.05) is 34.4 Å². The van der Waals surface area contributed by atoms with E-state index in [0.717, 1.165) is 24.0 Å². The molecule has 37 heavy (non-hydrogen) atoms. The first-order valence-corrected chi connectivity index (χ1v) is 12.9. The van der Waals surface area contributed by atoms with Crippen molar-refractivity contribution >= 4 is 38.7 Å². The molecule has 8 heteroatoms. The highest BCUT2D eigenvalue weighted by Gasteiger charge is 2.30. The van der Waals surface area contributed by atoms with Crippen molar-refractivity contribution < 1.29 is 19.1 Å². The Morgan fingerprint density at radius 2 is 1.89 bits per heavy atom. The molecule has 1 aliphatic heterocycles. The summed E-state index contributed by atoms with van der Waals surface area (Å²) in [6, 6.07) is 17.5. The minimum absolute atomic E-state index is 0.0180. The first kappa shape index (κ1) is 24.9. The third-order valence-corrected chi connectivity index (χ3v) is 7.89. The zero-order valence-electron chi connectivity index (χ0n) is 19.8. The van der Waals surface area contributed by atoms with E-state index in [1.165, 1.54) is 12.3 Å². The molecule has 5 rings (SSSR count). The van der Waals surface area contributed by atoms with Gasteiger partial charge in [-0.3, -0.25) is 9.59 Å². The van der Waals surface area contributed by atoms with Crippen molar-refractivity contribution in [3.63, 3.8) is 0 Å². The fourth-order valence-corrected chi connectivity index (χ4v) is 5.78. The largest absolute Gasteiger partial charge is 0.477 e. The third kappa shape index (κ3) is 4.81. The lowest BCUT2D eigenvalue weighted by atomic mass is 10.00. The van der Waals surface area contributed by atoms with Gasteiger partial charge >= 0.3 is 5.97 Å². The second-order valence-electron chi connectivity index (χ2n) is 9.19. The van der Waals surface area contributed by atoms with Crippen LogP contribution in [0.2, 0.25) is 0 Å². The molecule has 1 aliphatic rings. The number of amides is 1. The van der Waals surface area contributed by atoms with Gasteiger partial charge in [-0.25, -0.2) is 9.18 Å². The minimum atomic E-state index is -1.28. The Morgan fingerprint density at radius 1 is 1.11 bits per heavy atom. The molecule has 4 aromatic rings. The molecule has 1 aromatic heterocycles. The number of carboxylic acid groups (broad SMARTS) is 1. The van der Waals surface area contributed by atoms with E-state index >= 15 is 0 Å². The number of fused-ring (bicyclic) bond motifs is 1. The molecule has 0 aliphatic carbocycles. The summed E-state index contributed by atoms with van der Waals surface area (Å²) in [5, 5.41) is 9.60. The van der Waals surface area contributed by atoms with Crippen LogP contribution in [-0.2, 0) is 6.42 Å². The zero-order chi connectivity index (χ0) is 26.1. The molecule has 2 heterocycles. The number of aromatic carboxylic acids is 1. The smallest absolute Gasteiger partial charge is 0.341 e. The quantitative estimate of drug-likeness (QED) is 0.300. The van der Waals surface area contributed by atoms with Crippen LogP contribution in [0.5, 0.6) is 0 Å². The maximum absolute atomic E-state index is 14.9. The fourth-order valence-electron chi connectivity index (χ4n) is 5.05. The fraction of sp³-hybridized carbons (Fsp3) is 0.207. The van der Waals surface area contributed by atoms with E-state index in [1.54, 1.807) is 23.1 Å². The van der Waals surface area contributed by atoms with Crippen LogP contribution in [0.1, 0.15) is 45.5 Å². The Balaban J connectivity index is 1.34. The Hall–Kier alpha value is -3.78. The van der Waals surface area contributed by atoms with Crippen molar-refractivity contribution in [3.05, 3.63) is 104 Å². The maximum Gasteiger partial charge on any atom is 0.341 e. The molecule has 188 valence electrons. The number of carbonyl (C=O) groups excluding carboxylic acids is 1. The Labute approximate surface area is 220 Å². The van der Waals surface area contributed by atoms with Crippen molar-refractivity contribution in [2.45, 2.75) is 31.7 Å². The number of hydrogen-bond donors (Lipinski definition) is 2. The highest BCUT2D eigenvalue weighted by Crippen LogP contribution is 2.30. The molecule has 0 bridgehead atoms. The molecule has 1 fully saturated rings. The van der Waals surface area contributed by atoms with Crippen molar-refractivity contribution in [1.29, 1.82) is 0 Å². The predicted octanol–water partition coefficient (Wildman–Crippen LogP) is 6.03. The number of aromatic amines is 1. The lowest BCUT2D eigenvalue weighted by molar-refractivity contribution is 0.0693. The number of rotatable bonds is 6. The van der Waals surface area contributed by atoms with Gasteiger partial charge in [0.2, 0.25) is 5.43 Å². The number of pyridine rings is 1. The van der Waals surface area contributed by atoms with E-state index in [0.29, 0.717) is 45.9 Å². The van der Waals surface area contributed by atoms with Crippen LogP contribution in [0.3, 0.4) is 0 Å². The molecule has 0 saturated carbocycles. The molecule has 2 N–H and O–H groups in total. The van der Waals surface area contributed by atoms with Crippen LogP contribution in [0.25, 0.3) is 22.0 Å². The number of benzene rings is 3. The predicted molar refractivity (Wildman–Crippen MR) is 143 cm³/mol. The summed E-state index contributed by atoms with van der Waals surface area (Å²) in [6.07, 6.45) is 4.16. The average Bonchev–Trinajstić information content (AvgIpc) is 3.36. The van der Waals surface area contributed by atoms with Gasteiger partial charge in [0.1, 0.15) is 11.4 Å². The van der Waals surface area contributed by atoms with Gasteiger partial charge in [0.25, 0.3) is 5.91 Å². The van der Waals surface area contributed by atoms with Crippen molar-refractivity contribution in [2.75, 3.05) is 6.54 Å². The van der Waals surface area contributed by atoms with E-state index < -0.39 is 17.2 Å². The first-order valence-electron chi connectivity index (χ1n) is 12.1. The van der Waals surface area contributed by atoms with Gasteiger partial charge in [0.05, 0.1) is 10.9 Å². The third-order valence-electron chi connectivity index (χ3n) is 6.98. The summed E-state index contributed by atoms with van der Waals surface area (Å²) < 4.78 is 15.5. The van der Waals surface area contributed by atoms with Gasteiger partial charge in [-0.05, 0) is 70.9 Å². The van der Waals surface area contributed by atoms with E-state index in [2.05, 4.69) is 20.9 Å². The molecule has 0 radical (unpaired) electrons. The number of nitrogens with zero attached hydrogens (tertiary/aromatic N) is 1. The first-order chi connectivity index (χ1) is 17.8. The molecule has 3 aromatic carbocycles. The topological polar surface area (TPSA) is 90.5 Å². The number of aryl methyl sites for hydroxylation is 1. The summed E-state index contributed by atoms with van der Waals surface area (Å²) >= 11 is 3.51. The minimum Gasteiger partial charge on any atom is -0.477 e. The number of likely N-dealkylation sites (tertiary alicyclic amines) is 1. The van der Waals surface area contributed by atoms with Crippen LogP contribution in [0, 0.1) is 5.82 Å². The number of nitrogens with one attached hydrogen (secondary N) is 1. The molecular formula is C29H24BrFN2O4. The number of hydrogen-bond acceptors (Lipinski definition) is 3. The number of H-pyrrole nitrogens is 1. The molecule has 1 saturated heterocycles. The Morgan fingerprint density at radius 3 is 2.62 bits per heavy atom. The van der Waals surface area contributed by atoms with Gasteiger partial charge in [-0.15, -0.1) is 0 Å².